The molecule has 0 aromatic heterocycles. The highest BCUT2D eigenvalue weighted by Crippen LogP contribution is 2.25. The van der Waals surface area contributed by atoms with Crippen LogP contribution >= 0.6 is 24.0 Å². The van der Waals surface area contributed by atoms with Crippen molar-refractivity contribution in [2.24, 2.45) is 4.99 Å². The third kappa shape index (κ3) is 9.07. The van der Waals surface area contributed by atoms with E-state index < -0.39 is 0 Å². The molecule has 7 nitrogen and oxygen atoms in total. The molecule has 0 unspecified atom stereocenters. The number of guanidine groups is 1. The number of rotatable bonds is 7. The summed E-state index contributed by atoms with van der Waals surface area (Å²) in [6.45, 7) is 10.1. The van der Waals surface area contributed by atoms with Crippen molar-refractivity contribution in [2.45, 2.75) is 45.1 Å². The van der Waals surface area contributed by atoms with Gasteiger partial charge in [0.1, 0.15) is 12.4 Å². The van der Waals surface area contributed by atoms with Gasteiger partial charge in [0.15, 0.2) is 5.96 Å². The average Bonchev–Trinajstić information content (AvgIpc) is 2.71. The smallest absolute Gasteiger partial charge is 0.233 e. The second-order valence-corrected chi connectivity index (χ2v) is 8.49. The number of halogens is 1. The van der Waals surface area contributed by atoms with Gasteiger partial charge in [-0.3, -0.25) is 14.7 Å². The Morgan fingerprint density at radius 3 is 2.57 bits per heavy atom. The Hall–Kier alpha value is -1.55. The van der Waals surface area contributed by atoms with Gasteiger partial charge in [-0.15, -0.1) is 24.0 Å². The molecule has 1 fully saturated rings. The van der Waals surface area contributed by atoms with Crippen molar-refractivity contribution in [1.82, 2.24) is 20.9 Å². The summed E-state index contributed by atoms with van der Waals surface area (Å²) in [5.41, 5.74) is 1.38. The van der Waals surface area contributed by atoms with E-state index in [2.05, 4.69) is 58.7 Å². The minimum Gasteiger partial charge on any atom is -0.492 e. The zero-order valence-electron chi connectivity index (χ0n) is 19.0. The van der Waals surface area contributed by atoms with Crippen LogP contribution in [0.1, 0.15) is 39.2 Å². The van der Waals surface area contributed by atoms with Gasteiger partial charge in [0.2, 0.25) is 5.91 Å². The highest BCUT2D eigenvalue weighted by atomic mass is 127. The van der Waals surface area contributed by atoms with Crippen molar-refractivity contribution in [3.63, 3.8) is 0 Å². The molecular formula is C22H38IN5O2. The molecule has 1 aromatic rings. The van der Waals surface area contributed by atoms with Gasteiger partial charge in [0.25, 0.3) is 0 Å². The molecule has 0 atom stereocenters. The van der Waals surface area contributed by atoms with Crippen molar-refractivity contribution < 1.29 is 9.53 Å². The lowest BCUT2D eigenvalue weighted by Gasteiger charge is -2.32. The van der Waals surface area contributed by atoms with E-state index in [0.29, 0.717) is 25.7 Å². The number of piperidine rings is 1. The molecule has 1 amide bonds. The molecule has 0 radical (unpaired) electrons. The predicted molar refractivity (Wildman–Crippen MR) is 134 cm³/mol. The van der Waals surface area contributed by atoms with E-state index in [1.807, 2.05) is 12.1 Å². The number of likely N-dealkylation sites (tertiary alicyclic amines) is 1. The Morgan fingerprint density at radius 1 is 1.27 bits per heavy atom. The summed E-state index contributed by atoms with van der Waals surface area (Å²) in [6, 6.07) is 8.65. The van der Waals surface area contributed by atoms with Gasteiger partial charge < -0.3 is 20.7 Å². The van der Waals surface area contributed by atoms with Crippen LogP contribution in [0.3, 0.4) is 0 Å². The maximum Gasteiger partial charge on any atom is 0.233 e. The lowest BCUT2D eigenvalue weighted by Crippen LogP contribution is -2.50. The molecule has 0 aliphatic carbocycles. The van der Waals surface area contributed by atoms with Crippen molar-refractivity contribution in [1.29, 1.82) is 0 Å². The fourth-order valence-corrected chi connectivity index (χ4v) is 3.30. The number of ether oxygens (including phenoxy) is 1. The minimum atomic E-state index is 0. The Morgan fingerprint density at radius 2 is 1.97 bits per heavy atom. The molecule has 30 heavy (non-hydrogen) atoms. The second-order valence-electron chi connectivity index (χ2n) is 8.49. The summed E-state index contributed by atoms with van der Waals surface area (Å²) in [4.78, 5) is 18.0. The molecule has 1 aliphatic rings. The Bertz CT molecular complexity index is 682. The van der Waals surface area contributed by atoms with E-state index in [0.717, 1.165) is 37.6 Å². The van der Waals surface area contributed by atoms with E-state index in [-0.39, 0.29) is 35.3 Å². The first-order chi connectivity index (χ1) is 13.8. The van der Waals surface area contributed by atoms with Gasteiger partial charge in [-0.05, 0) is 36.0 Å². The Balaban J connectivity index is 0.00000450. The number of benzene rings is 1. The van der Waals surface area contributed by atoms with Crippen molar-refractivity contribution in [3.05, 3.63) is 29.8 Å². The van der Waals surface area contributed by atoms with Gasteiger partial charge in [0.05, 0.1) is 13.1 Å². The van der Waals surface area contributed by atoms with Crippen LogP contribution in [-0.4, -0.2) is 69.7 Å². The van der Waals surface area contributed by atoms with E-state index in [1.54, 1.807) is 14.1 Å². The maximum atomic E-state index is 11.5. The number of aliphatic imine (C=N–C) groups is 1. The van der Waals surface area contributed by atoms with Gasteiger partial charge in [-0.25, -0.2) is 0 Å². The molecule has 1 heterocycles. The number of hydrogen-bond acceptors (Lipinski definition) is 4. The van der Waals surface area contributed by atoms with Crippen LogP contribution in [0, 0.1) is 0 Å². The highest BCUT2D eigenvalue weighted by Gasteiger charge is 2.21. The van der Waals surface area contributed by atoms with Gasteiger partial charge >= 0.3 is 0 Å². The molecule has 2 rings (SSSR count). The number of nitrogens with one attached hydrogen (secondary N) is 3. The summed E-state index contributed by atoms with van der Waals surface area (Å²) in [5, 5.41) is 9.48. The van der Waals surface area contributed by atoms with E-state index in [4.69, 9.17) is 4.74 Å². The quantitative estimate of drug-likeness (QED) is 0.218. The molecule has 1 aliphatic heterocycles. The van der Waals surface area contributed by atoms with Gasteiger partial charge in [-0.1, -0.05) is 32.9 Å². The zero-order valence-corrected chi connectivity index (χ0v) is 21.3. The summed E-state index contributed by atoms with van der Waals surface area (Å²) >= 11 is 0. The van der Waals surface area contributed by atoms with Crippen LogP contribution in [0.15, 0.2) is 29.3 Å². The minimum absolute atomic E-state index is 0. The van der Waals surface area contributed by atoms with Crippen LogP contribution < -0.4 is 20.7 Å². The number of nitrogens with zero attached hydrogens (tertiary/aromatic N) is 2. The van der Waals surface area contributed by atoms with Crippen LogP contribution in [-0.2, 0) is 10.2 Å². The Labute approximate surface area is 198 Å². The van der Waals surface area contributed by atoms with Gasteiger partial charge in [-0.2, -0.15) is 0 Å². The van der Waals surface area contributed by atoms with Crippen LogP contribution in [0.25, 0.3) is 0 Å². The zero-order chi connectivity index (χ0) is 21.3. The second kappa shape index (κ2) is 13.0. The number of amides is 1. The van der Waals surface area contributed by atoms with E-state index in [9.17, 15) is 4.79 Å². The highest BCUT2D eigenvalue weighted by molar-refractivity contribution is 14.0. The number of carbonyl (C=O) groups is 1. The van der Waals surface area contributed by atoms with E-state index >= 15 is 0 Å². The molecule has 1 saturated heterocycles. The van der Waals surface area contributed by atoms with Crippen molar-refractivity contribution in [2.75, 3.05) is 46.9 Å². The van der Waals surface area contributed by atoms with Crippen molar-refractivity contribution in [3.8, 4) is 5.75 Å². The normalized spacial score (nSPS) is 15.8. The molecular weight excluding hydrogens is 493 g/mol. The number of hydrogen-bond donors (Lipinski definition) is 3. The summed E-state index contributed by atoms with van der Waals surface area (Å²) in [6.07, 6.45) is 1.99. The first-order valence-electron chi connectivity index (χ1n) is 10.5. The molecule has 0 spiro atoms. The topological polar surface area (TPSA) is 78.0 Å². The number of carbonyl (C=O) groups excluding carboxylic acids is 1. The first-order valence-corrected chi connectivity index (χ1v) is 10.5. The van der Waals surface area contributed by atoms with Crippen LogP contribution in [0.2, 0.25) is 0 Å². The van der Waals surface area contributed by atoms with Crippen LogP contribution in [0.5, 0.6) is 5.75 Å². The molecule has 1 aromatic carbocycles. The Kier molecular flexibility index (Phi) is 11.5. The third-order valence-electron chi connectivity index (χ3n) is 5.16. The maximum absolute atomic E-state index is 11.5. The third-order valence-corrected chi connectivity index (χ3v) is 5.16. The molecule has 0 bridgehead atoms. The fraction of sp³-hybridized carbons (Fsp3) is 0.636. The largest absolute Gasteiger partial charge is 0.492 e. The van der Waals surface area contributed by atoms with Gasteiger partial charge in [0, 0.05) is 33.2 Å². The fourth-order valence-electron chi connectivity index (χ4n) is 3.30. The monoisotopic (exact) mass is 531 g/mol. The average molecular weight is 531 g/mol. The van der Waals surface area contributed by atoms with Crippen molar-refractivity contribution >= 4 is 35.8 Å². The lowest BCUT2D eigenvalue weighted by molar-refractivity contribution is -0.122. The summed E-state index contributed by atoms with van der Waals surface area (Å²) < 4.78 is 5.90. The summed E-state index contributed by atoms with van der Waals surface area (Å²) in [7, 11) is 3.46. The molecule has 3 N–H and O–H groups in total. The standard InChI is InChI=1S/C22H37N5O2.HI/c1-22(2,3)17-7-6-8-19(15-17)29-14-11-25-21(24-5)26-18-9-12-27(13-10-18)16-20(28)23-4;/h6-8,15,18H,9-14,16H2,1-5H3,(H,23,28)(H2,24,25,26);1H. The molecule has 0 saturated carbocycles. The molecule has 170 valence electrons. The SMILES string of the molecule is CN=C(NCCOc1cccc(C(C)(C)C)c1)NC1CCN(CC(=O)NC)CC1.I. The molecule has 8 heteroatoms. The predicted octanol–water partition coefficient (Wildman–Crippen LogP) is 2.36. The lowest BCUT2D eigenvalue weighted by atomic mass is 9.87. The first kappa shape index (κ1) is 26.5. The van der Waals surface area contributed by atoms with Crippen LogP contribution in [0.4, 0.5) is 0 Å². The van der Waals surface area contributed by atoms with E-state index in [1.165, 1.54) is 5.56 Å². The number of likely N-dealkylation sites (N-methyl/N-ethyl adjacent to an activating group) is 1. The summed E-state index contributed by atoms with van der Waals surface area (Å²) in [5.74, 6) is 1.76.